The number of aromatic nitrogens is 4. The van der Waals surface area contributed by atoms with Crippen molar-refractivity contribution >= 4 is 87.2 Å². The molecular formula is C102H72N4. The van der Waals surface area contributed by atoms with Crippen molar-refractivity contribution in [2.45, 2.75) is 38.5 Å². The van der Waals surface area contributed by atoms with E-state index in [1.54, 1.807) is 0 Å². The lowest BCUT2D eigenvalue weighted by Crippen LogP contribution is -2.14. The Balaban J connectivity index is 0.000000136. The third-order valence-corrected chi connectivity index (χ3v) is 23.4. The van der Waals surface area contributed by atoms with E-state index in [1.807, 2.05) is 0 Å². The number of fused-ring (bicyclic) bond motifs is 19. The van der Waals surface area contributed by atoms with Crippen LogP contribution in [0.1, 0.15) is 49.9 Å². The normalized spacial score (nSPS) is 13.2. The van der Waals surface area contributed by atoms with E-state index in [1.165, 1.54) is 188 Å². The summed E-state index contributed by atoms with van der Waals surface area (Å²) in [5.74, 6) is 0. The van der Waals surface area contributed by atoms with Gasteiger partial charge in [0.1, 0.15) is 0 Å². The van der Waals surface area contributed by atoms with Crippen molar-refractivity contribution in [1.29, 1.82) is 0 Å². The molecule has 0 saturated heterocycles. The van der Waals surface area contributed by atoms with Crippen molar-refractivity contribution < 1.29 is 0 Å². The van der Waals surface area contributed by atoms with Crippen LogP contribution in [0.4, 0.5) is 0 Å². The summed E-state index contributed by atoms with van der Waals surface area (Å²) in [7, 11) is 0. The van der Waals surface area contributed by atoms with E-state index in [0.29, 0.717) is 0 Å². The smallest absolute Gasteiger partial charge is 0.0547 e. The number of hydrogen-bond acceptors (Lipinski definition) is 0. The van der Waals surface area contributed by atoms with Gasteiger partial charge in [-0.15, -0.1) is 0 Å². The number of nitrogens with zero attached hydrogens (tertiary/aromatic N) is 4. The van der Waals surface area contributed by atoms with Gasteiger partial charge in [-0.1, -0.05) is 264 Å². The Morgan fingerprint density at radius 2 is 0.500 bits per heavy atom. The summed E-state index contributed by atoms with van der Waals surface area (Å²) < 4.78 is 9.70. The zero-order valence-electron chi connectivity index (χ0n) is 59.4. The van der Waals surface area contributed by atoms with Crippen molar-refractivity contribution in [3.63, 3.8) is 0 Å². The fraction of sp³-hybridized carbons (Fsp3) is 0.0588. The molecule has 4 aromatic heterocycles. The van der Waals surface area contributed by atoms with Gasteiger partial charge >= 0.3 is 0 Å². The molecule has 4 heteroatoms. The number of rotatable bonds is 8. The highest BCUT2D eigenvalue weighted by Gasteiger charge is 2.39. The largest absolute Gasteiger partial charge is 0.309 e. The minimum Gasteiger partial charge on any atom is -0.309 e. The van der Waals surface area contributed by atoms with Gasteiger partial charge in [0.25, 0.3) is 0 Å². The molecule has 0 saturated carbocycles. The highest BCUT2D eigenvalue weighted by Crippen LogP contribution is 2.55. The quantitative estimate of drug-likeness (QED) is 0.144. The molecule has 4 nitrogen and oxygen atoms in total. The van der Waals surface area contributed by atoms with Gasteiger partial charge in [-0.3, -0.25) is 0 Å². The van der Waals surface area contributed by atoms with Crippen LogP contribution in [-0.4, -0.2) is 18.3 Å². The summed E-state index contributed by atoms with van der Waals surface area (Å²) in [6.45, 7) is 9.49. The molecule has 0 fully saturated rings. The first-order chi connectivity index (χ1) is 52.1. The molecule has 2 aliphatic rings. The second-order valence-electron chi connectivity index (χ2n) is 29.9. The maximum atomic E-state index is 2.49. The van der Waals surface area contributed by atoms with Crippen LogP contribution in [0.15, 0.2) is 364 Å². The first-order valence-electron chi connectivity index (χ1n) is 37.0. The SMILES string of the molecule is CC1(C)c2ccccc2-c2c1ccc1c2c2cc(-c3ccc4c(c3)c3ccccc3n4-c3ccccc3)ccc2n1-c1ccc(-c2ccccc2)cc1.CC1(C)c2ccccc2-c2cc3c(cc21)c1cc(-c2ccc4c(c2)c2ccccc2n4-c2ccccc2)ccc1n3-c1ccc(-c2ccccc2)cc1. The van der Waals surface area contributed by atoms with Crippen LogP contribution >= 0.6 is 0 Å². The minimum absolute atomic E-state index is 0.0819. The summed E-state index contributed by atoms with van der Waals surface area (Å²) in [5.41, 5.74) is 35.0. The third-order valence-electron chi connectivity index (χ3n) is 23.4. The van der Waals surface area contributed by atoms with Crippen LogP contribution < -0.4 is 0 Å². The lowest BCUT2D eigenvalue weighted by Gasteiger charge is -2.21. The molecule has 0 amide bonds. The fourth-order valence-electron chi connectivity index (χ4n) is 18.3. The lowest BCUT2D eigenvalue weighted by molar-refractivity contribution is 0.661. The Hall–Kier alpha value is -13.3. The Morgan fingerprint density at radius 3 is 1.00 bits per heavy atom. The molecule has 106 heavy (non-hydrogen) atoms. The van der Waals surface area contributed by atoms with Crippen molar-refractivity contribution in [2.75, 3.05) is 0 Å². The maximum Gasteiger partial charge on any atom is 0.0547 e. The van der Waals surface area contributed by atoms with Gasteiger partial charge in [-0.2, -0.15) is 0 Å². The van der Waals surface area contributed by atoms with Gasteiger partial charge in [0.05, 0.1) is 44.1 Å². The standard InChI is InChI=1S/2C51H36N2/c1-51(2)43-19-11-9-18-40(43)49-44(51)27-30-48-50(49)42-32-36(24-29-47(42)53(48)38-25-21-34(22-26-38)33-13-5-3-6-14-33)35-23-28-46-41(31-35)39-17-10-12-20-45(39)52(46)37-15-7-4-8-16-37;1-51(2)45-19-11-9-17-39(45)41-32-50-44(31-46(41)51)43-30-36(24-28-49(43)53(50)38-25-21-34(22-26-38)33-13-5-3-6-14-33)35-23-27-48-42(29-35)40-18-10-12-20-47(40)52(48)37-15-7-4-8-16-37/h2*3-32H,1-2H3. The molecule has 4 heterocycles. The van der Waals surface area contributed by atoms with Crippen molar-refractivity contribution in [2.24, 2.45) is 0 Å². The molecule has 500 valence electrons. The van der Waals surface area contributed by atoms with Gasteiger partial charge in [0.15, 0.2) is 0 Å². The van der Waals surface area contributed by atoms with Crippen molar-refractivity contribution in [1.82, 2.24) is 18.3 Å². The predicted molar refractivity (Wildman–Crippen MR) is 447 cm³/mol. The Kier molecular flexibility index (Phi) is 13.7. The molecule has 20 aromatic rings. The van der Waals surface area contributed by atoms with Gasteiger partial charge in [0, 0.05) is 76.7 Å². The first kappa shape index (κ1) is 61.4. The number of para-hydroxylation sites is 4. The zero-order valence-corrected chi connectivity index (χ0v) is 59.4. The molecule has 0 N–H and O–H groups in total. The van der Waals surface area contributed by atoms with E-state index in [4.69, 9.17) is 0 Å². The molecule has 0 spiro atoms. The number of hydrogen-bond donors (Lipinski definition) is 0. The number of benzene rings is 16. The van der Waals surface area contributed by atoms with Gasteiger partial charge in [-0.05, 0) is 216 Å². The molecule has 16 aromatic carbocycles. The molecule has 0 bridgehead atoms. The monoisotopic (exact) mass is 1350 g/mol. The summed E-state index contributed by atoms with van der Waals surface area (Å²) in [6.07, 6.45) is 0. The second kappa shape index (κ2) is 23.6. The molecule has 0 atom stereocenters. The third kappa shape index (κ3) is 9.33. The molecule has 22 rings (SSSR count). The predicted octanol–water partition coefficient (Wildman–Crippen LogP) is 27.0. The highest BCUT2D eigenvalue weighted by molar-refractivity contribution is 6.20. The van der Waals surface area contributed by atoms with E-state index in [2.05, 4.69) is 410 Å². The van der Waals surface area contributed by atoms with E-state index in [-0.39, 0.29) is 10.8 Å². The van der Waals surface area contributed by atoms with Crippen LogP contribution in [0.5, 0.6) is 0 Å². The summed E-state index contributed by atoms with van der Waals surface area (Å²) in [5, 5.41) is 10.2. The van der Waals surface area contributed by atoms with E-state index < -0.39 is 0 Å². The Morgan fingerprint density at radius 1 is 0.179 bits per heavy atom. The van der Waals surface area contributed by atoms with Crippen LogP contribution in [0.3, 0.4) is 0 Å². The maximum absolute atomic E-state index is 2.49. The highest BCUT2D eigenvalue weighted by atomic mass is 15.0. The average molecular weight is 1350 g/mol. The molecule has 2 aliphatic carbocycles. The van der Waals surface area contributed by atoms with Gasteiger partial charge in [-0.25, -0.2) is 0 Å². The Labute approximate surface area is 615 Å². The average Bonchev–Trinajstić information content (AvgIpc) is 1.56. The van der Waals surface area contributed by atoms with Gasteiger partial charge in [0.2, 0.25) is 0 Å². The van der Waals surface area contributed by atoms with Crippen LogP contribution in [0.25, 0.3) is 177 Å². The van der Waals surface area contributed by atoms with Crippen LogP contribution in [0.2, 0.25) is 0 Å². The summed E-state index contributed by atoms with van der Waals surface area (Å²) >= 11 is 0. The minimum atomic E-state index is -0.0819. The van der Waals surface area contributed by atoms with Gasteiger partial charge < -0.3 is 18.3 Å². The molecule has 0 unspecified atom stereocenters. The van der Waals surface area contributed by atoms with Crippen molar-refractivity contribution in [3.8, 4) is 89.5 Å². The fourth-order valence-corrected chi connectivity index (χ4v) is 18.3. The van der Waals surface area contributed by atoms with Crippen LogP contribution in [0, 0.1) is 0 Å². The topological polar surface area (TPSA) is 19.7 Å². The summed E-state index contributed by atoms with van der Waals surface area (Å²) in [4.78, 5) is 0. The first-order valence-corrected chi connectivity index (χ1v) is 37.0. The van der Waals surface area contributed by atoms with Crippen molar-refractivity contribution in [3.05, 3.63) is 386 Å². The van der Waals surface area contributed by atoms with E-state index in [0.717, 1.165) is 11.4 Å². The Bertz CT molecular complexity index is 6850. The second-order valence-corrected chi connectivity index (χ2v) is 29.9. The zero-order chi connectivity index (χ0) is 70.5. The molecule has 0 radical (unpaired) electrons. The summed E-state index contributed by atoms with van der Waals surface area (Å²) in [6, 6.07) is 134. The molecule has 0 aliphatic heterocycles. The molecular weight excluding hydrogens is 1280 g/mol. The lowest BCUT2D eigenvalue weighted by atomic mass is 9.82. The van der Waals surface area contributed by atoms with E-state index in [9.17, 15) is 0 Å². The van der Waals surface area contributed by atoms with Crippen LogP contribution in [-0.2, 0) is 10.8 Å². The van der Waals surface area contributed by atoms with E-state index >= 15 is 0 Å².